The van der Waals surface area contributed by atoms with Crippen LogP contribution < -0.4 is 15.0 Å². The smallest absolute Gasteiger partial charge is 0.266 e. The van der Waals surface area contributed by atoms with E-state index in [2.05, 4.69) is 5.32 Å². The van der Waals surface area contributed by atoms with Crippen LogP contribution in [0.25, 0.3) is 0 Å². The van der Waals surface area contributed by atoms with Gasteiger partial charge in [-0.05, 0) is 67.9 Å². The van der Waals surface area contributed by atoms with Crippen molar-refractivity contribution >= 4 is 33.2 Å². The number of hydrogen-bond donors (Lipinski definition) is 1. The van der Waals surface area contributed by atoms with Crippen molar-refractivity contribution < 1.29 is 27.5 Å². The second kappa shape index (κ2) is 10.1. The van der Waals surface area contributed by atoms with Crippen LogP contribution in [0.1, 0.15) is 44.4 Å². The number of fused-ring (bicyclic) bond motifs is 1. The SMILES string of the molecule is CCOc1ccc(N2C(=O)c3ccc(C(=O)NCCCS(=O)(=O)c4ccccc4)cc3C2=O)cc1. The fourth-order valence-electron chi connectivity index (χ4n) is 3.79. The van der Waals surface area contributed by atoms with Crippen LogP contribution in [0.2, 0.25) is 0 Å². The van der Waals surface area contributed by atoms with Gasteiger partial charge in [0.05, 0.1) is 34.1 Å². The van der Waals surface area contributed by atoms with E-state index in [9.17, 15) is 22.8 Å². The number of benzene rings is 3. The summed E-state index contributed by atoms with van der Waals surface area (Å²) in [6, 6.07) is 19.1. The maximum Gasteiger partial charge on any atom is 0.266 e. The molecule has 0 unspecified atom stereocenters. The second-order valence-corrected chi connectivity index (χ2v) is 9.98. The molecule has 3 aromatic carbocycles. The van der Waals surface area contributed by atoms with E-state index in [1.54, 1.807) is 42.5 Å². The lowest BCUT2D eigenvalue weighted by Gasteiger charge is -2.14. The summed E-state index contributed by atoms with van der Waals surface area (Å²) >= 11 is 0. The van der Waals surface area contributed by atoms with E-state index in [0.717, 1.165) is 4.90 Å². The standard InChI is InChI=1S/C26H24N2O6S/c1-2-34-20-12-10-19(11-13-20)28-25(30)22-14-9-18(17-23(22)26(28)31)24(29)27-15-6-16-35(32,33)21-7-4-3-5-8-21/h3-5,7-14,17H,2,6,15-16H2,1H3,(H,27,29). The Morgan fingerprint density at radius 2 is 1.60 bits per heavy atom. The monoisotopic (exact) mass is 492 g/mol. The maximum absolute atomic E-state index is 13.0. The predicted molar refractivity (Wildman–Crippen MR) is 131 cm³/mol. The first-order valence-electron chi connectivity index (χ1n) is 11.1. The normalized spacial score (nSPS) is 13.0. The third-order valence-electron chi connectivity index (χ3n) is 5.53. The lowest BCUT2D eigenvalue weighted by molar-refractivity contribution is 0.0923. The highest BCUT2D eigenvalue weighted by atomic mass is 32.2. The zero-order valence-electron chi connectivity index (χ0n) is 19.1. The Balaban J connectivity index is 1.40. The minimum Gasteiger partial charge on any atom is -0.494 e. The highest BCUT2D eigenvalue weighted by Gasteiger charge is 2.37. The topological polar surface area (TPSA) is 110 Å². The summed E-state index contributed by atoms with van der Waals surface area (Å²) in [6.45, 7) is 2.51. The van der Waals surface area contributed by atoms with Gasteiger partial charge in [-0.2, -0.15) is 0 Å². The summed E-state index contributed by atoms with van der Waals surface area (Å²) in [6.07, 6.45) is 0.233. The van der Waals surface area contributed by atoms with Gasteiger partial charge in [0.25, 0.3) is 17.7 Å². The molecule has 180 valence electrons. The van der Waals surface area contributed by atoms with Crippen molar-refractivity contribution in [2.24, 2.45) is 0 Å². The molecule has 1 aliphatic rings. The summed E-state index contributed by atoms with van der Waals surface area (Å²) in [5.41, 5.74) is 0.979. The number of rotatable bonds is 9. The quantitative estimate of drug-likeness (QED) is 0.362. The van der Waals surface area contributed by atoms with Crippen LogP contribution in [0.3, 0.4) is 0 Å². The summed E-state index contributed by atoms with van der Waals surface area (Å²) < 4.78 is 30.1. The Morgan fingerprint density at radius 1 is 0.914 bits per heavy atom. The molecule has 4 rings (SSSR count). The molecule has 0 atom stereocenters. The average molecular weight is 493 g/mol. The lowest BCUT2D eigenvalue weighted by atomic mass is 10.1. The molecule has 0 radical (unpaired) electrons. The van der Waals surface area contributed by atoms with Crippen molar-refractivity contribution in [2.75, 3.05) is 23.8 Å². The molecular weight excluding hydrogens is 468 g/mol. The number of imide groups is 1. The number of anilines is 1. The Labute approximate surface area is 203 Å². The third-order valence-corrected chi connectivity index (χ3v) is 7.35. The Hall–Kier alpha value is -3.98. The van der Waals surface area contributed by atoms with E-state index in [0.29, 0.717) is 18.0 Å². The first kappa shape index (κ1) is 24.2. The van der Waals surface area contributed by atoms with Crippen molar-refractivity contribution in [1.29, 1.82) is 0 Å². The number of ether oxygens (including phenoxy) is 1. The van der Waals surface area contributed by atoms with Crippen molar-refractivity contribution in [3.05, 3.63) is 89.5 Å². The minimum atomic E-state index is -3.43. The summed E-state index contributed by atoms with van der Waals surface area (Å²) in [7, 11) is -3.43. The molecule has 0 fully saturated rings. The van der Waals surface area contributed by atoms with E-state index >= 15 is 0 Å². The lowest BCUT2D eigenvalue weighted by Crippen LogP contribution is -2.29. The first-order chi connectivity index (χ1) is 16.8. The molecule has 35 heavy (non-hydrogen) atoms. The Kier molecular flexibility index (Phi) is 6.97. The second-order valence-electron chi connectivity index (χ2n) is 7.87. The zero-order valence-corrected chi connectivity index (χ0v) is 19.9. The molecule has 0 aromatic heterocycles. The number of sulfone groups is 1. The number of amides is 3. The van der Waals surface area contributed by atoms with Crippen LogP contribution in [0.5, 0.6) is 5.75 Å². The van der Waals surface area contributed by atoms with Gasteiger partial charge in [0, 0.05) is 12.1 Å². The van der Waals surface area contributed by atoms with Gasteiger partial charge in [-0.15, -0.1) is 0 Å². The molecule has 3 amide bonds. The van der Waals surface area contributed by atoms with Gasteiger partial charge >= 0.3 is 0 Å². The van der Waals surface area contributed by atoms with Crippen molar-refractivity contribution in [3.63, 3.8) is 0 Å². The molecule has 1 aliphatic heterocycles. The molecule has 0 saturated carbocycles. The van der Waals surface area contributed by atoms with Gasteiger partial charge in [-0.1, -0.05) is 18.2 Å². The molecule has 3 aromatic rings. The van der Waals surface area contributed by atoms with E-state index < -0.39 is 27.6 Å². The van der Waals surface area contributed by atoms with Crippen LogP contribution in [0, 0.1) is 0 Å². The average Bonchev–Trinajstić information content (AvgIpc) is 3.12. The van der Waals surface area contributed by atoms with Crippen LogP contribution in [0.4, 0.5) is 5.69 Å². The largest absolute Gasteiger partial charge is 0.494 e. The molecule has 0 saturated heterocycles. The summed E-state index contributed by atoms with van der Waals surface area (Å²) in [4.78, 5) is 39.7. The number of carbonyl (C=O) groups excluding carboxylic acids is 3. The van der Waals surface area contributed by atoms with Crippen molar-refractivity contribution in [2.45, 2.75) is 18.2 Å². The van der Waals surface area contributed by atoms with Crippen LogP contribution in [0.15, 0.2) is 77.7 Å². The Bertz CT molecular complexity index is 1370. The number of nitrogens with zero attached hydrogens (tertiary/aromatic N) is 1. The first-order valence-corrected chi connectivity index (χ1v) is 12.8. The van der Waals surface area contributed by atoms with Gasteiger partial charge in [0.1, 0.15) is 5.75 Å². The van der Waals surface area contributed by atoms with E-state index in [1.165, 1.54) is 30.3 Å². The van der Waals surface area contributed by atoms with Gasteiger partial charge in [0.2, 0.25) is 0 Å². The molecule has 0 bridgehead atoms. The van der Waals surface area contributed by atoms with Crippen LogP contribution in [-0.4, -0.2) is 45.0 Å². The summed E-state index contributed by atoms with van der Waals surface area (Å²) in [5, 5.41) is 2.67. The van der Waals surface area contributed by atoms with Gasteiger partial charge in [-0.3, -0.25) is 14.4 Å². The Morgan fingerprint density at radius 3 is 2.29 bits per heavy atom. The van der Waals surface area contributed by atoms with Gasteiger partial charge < -0.3 is 10.1 Å². The highest BCUT2D eigenvalue weighted by Crippen LogP contribution is 2.30. The van der Waals surface area contributed by atoms with Gasteiger partial charge in [-0.25, -0.2) is 13.3 Å². The fraction of sp³-hybridized carbons (Fsp3) is 0.192. The van der Waals surface area contributed by atoms with Crippen molar-refractivity contribution in [3.8, 4) is 5.75 Å². The molecular formula is C26H24N2O6S. The van der Waals surface area contributed by atoms with Crippen molar-refractivity contribution in [1.82, 2.24) is 5.32 Å². The van der Waals surface area contributed by atoms with Gasteiger partial charge in [0.15, 0.2) is 9.84 Å². The summed E-state index contributed by atoms with van der Waals surface area (Å²) in [5.74, 6) is -0.913. The van der Waals surface area contributed by atoms with E-state index in [1.807, 2.05) is 6.92 Å². The zero-order chi connectivity index (χ0) is 25.0. The van der Waals surface area contributed by atoms with E-state index in [-0.39, 0.29) is 40.3 Å². The maximum atomic E-state index is 13.0. The van der Waals surface area contributed by atoms with Crippen LogP contribution >= 0.6 is 0 Å². The van der Waals surface area contributed by atoms with E-state index in [4.69, 9.17) is 4.74 Å². The molecule has 1 heterocycles. The molecule has 0 spiro atoms. The molecule has 1 N–H and O–H groups in total. The number of hydrogen-bond acceptors (Lipinski definition) is 6. The molecule has 0 aliphatic carbocycles. The molecule has 9 heteroatoms. The number of carbonyl (C=O) groups is 3. The fourth-order valence-corrected chi connectivity index (χ4v) is 5.12. The van der Waals surface area contributed by atoms with Crippen LogP contribution in [-0.2, 0) is 9.84 Å². The number of nitrogens with one attached hydrogen (secondary N) is 1. The predicted octanol–water partition coefficient (Wildman–Crippen LogP) is 3.48. The molecule has 8 nitrogen and oxygen atoms in total. The third kappa shape index (κ3) is 5.09. The minimum absolute atomic E-state index is 0.106. The highest BCUT2D eigenvalue weighted by molar-refractivity contribution is 7.91.